The van der Waals surface area contributed by atoms with Crippen LogP contribution in [0, 0.1) is 5.82 Å². The van der Waals surface area contributed by atoms with Gasteiger partial charge in [0.15, 0.2) is 0 Å². The molecule has 0 heterocycles. The fraction of sp³-hybridized carbons (Fsp3) is 0.348. The van der Waals surface area contributed by atoms with E-state index in [1.807, 2.05) is 30.3 Å². The number of carbonyl (C=O) groups is 3. The number of hydrogen-bond acceptors (Lipinski definition) is 5. The van der Waals surface area contributed by atoms with Gasteiger partial charge in [0, 0.05) is 19.2 Å². The molecular weight excluding hydrogens is 403 g/mol. The van der Waals surface area contributed by atoms with Crippen molar-refractivity contribution in [2.24, 2.45) is 0 Å². The molecule has 0 atom stereocenters. The summed E-state index contributed by atoms with van der Waals surface area (Å²) in [7, 11) is 1.47. The van der Waals surface area contributed by atoms with Crippen LogP contribution in [0.2, 0.25) is 0 Å². The molecule has 166 valence electrons. The van der Waals surface area contributed by atoms with E-state index < -0.39 is 29.4 Å². The smallest absolute Gasteiger partial charge is 0.407 e. The van der Waals surface area contributed by atoms with E-state index in [-0.39, 0.29) is 30.8 Å². The Morgan fingerprint density at radius 1 is 1.06 bits per heavy atom. The van der Waals surface area contributed by atoms with Crippen LogP contribution in [0.4, 0.5) is 9.18 Å². The van der Waals surface area contributed by atoms with Crippen molar-refractivity contribution in [2.45, 2.75) is 39.5 Å². The van der Waals surface area contributed by atoms with Crippen LogP contribution in [0.25, 0.3) is 0 Å². The number of halogens is 1. The summed E-state index contributed by atoms with van der Waals surface area (Å²) < 4.78 is 24.5. The normalized spacial score (nSPS) is 10.9. The summed E-state index contributed by atoms with van der Waals surface area (Å²) in [4.78, 5) is 37.5. The number of carbonyl (C=O) groups excluding carboxylic acids is 3. The molecule has 0 saturated carbocycles. The maximum atomic E-state index is 14.2. The van der Waals surface area contributed by atoms with Gasteiger partial charge < -0.3 is 19.7 Å². The lowest BCUT2D eigenvalue weighted by Crippen LogP contribution is -2.38. The monoisotopic (exact) mass is 430 g/mol. The van der Waals surface area contributed by atoms with E-state index in [0.717, 1.165) is 11.6 Å². The van der Waals surface area contributed by atoms with Gasteiger partial charge in [-0.3, -0.25) is 4.79 Å². The first kappa shape index (κ1) is 23.9. The van der Waals surface area contributed by atoms with Crippen molar-refractivity contribution in [3.63, 3.8) is 0 Å². The molecule has 0 unspecified atom stereocenters. The molecule has 0 saturated heterocycles. The number of benzene rings is 2. The van der Waals surface area contributed by atoms with Crippen LogP contribution in [0.3, 0.4) is 0 Å². The van der Waals surface area contributed by atoms with Crippen molar-refractivity contribution in [3.8, 4) is 0 Å². The maximum Gasteiger partial charge on any atom is 0.407 e. The summed E-state index contributed by atoms with van der Waals surface area (Å²) in [5.41, 5.74) is 0.487. The van der Waals surface area contributed by atoms with Crippen LogP contribution >= 0.6 is 0 Å². The van der Waals surface area contributed by atoms with Crippen molar-refractivity contribution in [2.75, 3.05) is 13.6 Å². The summed E-state index contributed by atoms with van der Waals surface area (Å²) in [6.45, 7) is 4.90. The number of ether oxygens (including phenoxy) is 2. The predicted octanol–water partition coefficient (Wildman–Crippen LogP) is 3.67. The van der Waals surface area contributed by atoms with E-state index in [9.17, 15) is 18.8 Å². The summed E-state index contributed by atoms with van der Waals surface area (Å²) in [5, 5.41) is 2.37. The molecule has 0 aliphatic carbocycles. The highest BCUT2D eigenvalue weighted by atomic mass is 19.1. The van der Waals surface area contributed by atoms with Crippen LogP contribution in [-0.4, -0.2) is 42.1 Å². The van der Waals surface area contributed by atoms with Gasteiger partial charge in [0.25, 0.3) is 0 Å². The van der Waals surface area contributed by atoms with E-state index in [4.69, 9.17) is 9.47 Å². The third-order valence-corrected chi connectivity index (χ3v) is 4.11. The number of rotatable bonds is 7. The lowest BCUT2D eigenvalue weighted by Gasteiger charge is -2.21. The number of alkyl carbamates (subject to hydrolysis) is 1. The highest BCUT2D eigenvalue weighted by Gasteiger charge is 2.20. The Morgan fingerprint density at radius 2 is 1.74 bits per heavy atom. The van der Waals surface area contributed by atoms with Gasteiger partial charge >= 0.3 is 12.1 Å². The van der Waals surface area contributed by atoms with E-state index in [0.29, 0.717) is 0 Å². The van der Waals surface area contributed by atoms with E-state index in [1.165, 1.54) is 24.1 Å². The Morgan fingerprint density at radius 3 is 2.39 bits per heavy atom. The van der Waals surface area contributed by atoms with Crippen molar-refractivity contribution in [1.82, 2.24) is 10.2 Å². The van der Waals surface area contributed by atoms with Crippen LogP contribution < -0.4 is 5.32 Å². The van der Waals surface area contributed by atoms with Crippen molar-refractivity contribution in [1.29, 1.82) is 0 Å². The van der Waals surface area contributed by atoms with Crippen molar-refractivity contribution >= 4 is 18.0 Å². The lowest BCUT2D eigenvalue weighted by molar-refractivity contribution is -0.129. The Labute approximate surface area is 181 Å². The molecule has 1 N–H and O–H groups in total. The summed E-state index contributed by atoms with van der Waals surface area (Å²) >= 11 is 0. The summed E-state index contributed by atoms with van der Waals surface area (Å²) in [6, 6.07) is 13.0. The molecule has 0 bridgehead atoms. The number of amides is 2. The second kappa shape index (κ2) is 10.6. The van der Waals surface area contributed by atoms with Crippen LogP contribution in [0.1, 0.15) is 42.3 Å². The van der Waals surface area contributed by atoms with Gasteiger partial charge in [-0.25, -0.2) is 14.0 Å². The Hall–Kier alpha value is -3.42. The molecule has 0 radical (unpaired) electrons. The predicted molar refractivity (Wildman–Crippen MR) is 113 cm³/mol. The second-order valence-electron chi connectivity index (χ2n) is 7.97. The Bertz CT molecular complexity index is 925. The van der Waals surface area contributed by atoms with E-state index >= 15 is 0 Å². The first-order valence-corrected chi connectivity index (χ1v) is 9.75. The van der Waals surface area contributed by atoms with Gasteiger partial charge in [-0.2, -0.15) is 0 Å². The molecule has 8 heteroatoms. The SMILES string of the molecule is CN(Cc1cc(C(=O)OC(C)(C)C)ccc1F)C(=O)CNC(=O)OCc1ccccc1. The first-order valence-electron chi connectivity index (χ1n) is 9.75. The first-order chi connectivity index (χ1) is 14.5. The van der Waals surface area contributed by atoms with Gasteiger partial charge in [0.2, 0.25) is 5.91 Å². The number of likely N-dealkylation sites (N-methyl/N-ethyl adjacent to an activating group) is 1. The number of nitrogens with one attached hydrogen (secondary N) is 1. The third-order valence-electron chi connectivity index (χ3n) is 4.11. The zero-order chi connectivity index (χ0) is 23.0. The largest absolute Gasteiger partial charge is 0.456 e. The van der Waals surface area contributed by atoms with Gasteiger partial charge in [-0.05, 0) is 44.5 Å². The van der Waals surface area contributed by atoms with Crippen LogP contribution in [-0.2, 0) is 27.4 Å². The quantitative estimate of drug-likeness (QED) is 0.678. The van der Waals surface area contributed by atoms with Gasteiger partial charge in [0.1, 0.15) is 24.6 Å². The maximum absolute atomic E-state index is 14.2. The zero-order valence-corrected chi connectivity index (χ0v) is 18.1. The van der Waals surface area contributed by atoms with E-state index in [2.05, 4.69) is 5.32 Å². The second-order valence-corrected chi connectivity index (χ2v) is 7.97. The average Bonchev–Trinajstić information content (AvgIpc) is 2.71. The molecule has 0 aromatic heterocycles. The summed E-state index contributed by atoms with van der Waals surface area (Å²) in [6.07, 6.45) is -0.733. The molecule has 2 rings (SSSR count). The van der Waals surface area contributed by atoms with Crippen LogP contribution in [0.5, 0.6) is 0 Å². The highest BCUT2D eigenvalue weighted by Crippen LogP contribution is 2.17. The molecule has 7 nitrogen and oxygen atoms in total. The van der Waals surface area contributed by atoms with Crippen LogP contribution in [0.15, 0.2) is 48.5 Å². The van der Waals surface area contributed by atoms with Gasteiger partial charge in [-0.15, -0.1) is 0 Å². The van der Waals surface area contributed by atoms with Crippen molar-refractivity contribution < 1.29 is 28.2 Å². The highest BCUT2D eigenvalue weighted by molar-refractivity contribution is 5.90. The average molecular weight is 430 g/mol. The molecule has 0 spiro atoms. The molecule has 31 heavy (non-hydrogen) atoms. The Kier molecular flexibility index (Phi) is 8.13. The molecule has 0 fully saturated rings. The minimum atomic E-state index is -0.733. The zero-order valence-electron chi connectivity index (χ0n) is 18.1. The minimum absolute atomic E-state index is 0.0813. The van der Waals surface area contributed by atoms with Crippen molar-refractivity contribution in [3.05, 3.63) is 71.0 Å². The number of hydrogen-bond donors (Lipinski definition) is 1. The molecule has 2 aromatic carbocycles. The standard InChI is InChI=1S/C23H27FN2O5/c1-23(2,3)31-21(28)17-10-11-19(24)18(12-17)14-26(4)20(27)13-25-22(29)30-15-16-8-6-5-7-9-16/h5-12H,13-15H2,1-4H3,(H,25,29). The molecule has 0 aliphatic heterocycles. The number of esters is 1. The molecule has 0 aliphatic rings. The number of nitrogens with zero attached hydrogens (tertiary/aromatic N) is 1. The van der Waals surface area contributed by atoms with Gasteiger partial charge in [0.05, 0.1) is 5.56 Å². The van der Waals surface area contributed by atoms with Gasteiger partial charge in [-0.1, -0.05) is 30.3 Å². The molecule has 2 amide bonds. The molecular formula is C23H27FN2O5. The van der Waals surface area contributed by atoms with E-state index in [1.54, 1.807) is 20.8 Å². The topological polar surface area (TPSA) is 84.9 Å². The minimum Gasteiger partial charge on any atom is -0.456 e. The fourth-order valence-corrected chi connectivity index (χ4v) is 2.56. The lowest BCUT2D eigenvalue weighted by atomic mass is 10.1. The fourth-order valence-electron chi connectivity index (χ4n) is 2.56. The summed E-state index contributed by atoms with van der Waals surface area (Å²) in [5.74, 6) is -1.58. The molecule has 2 aromatic rings. The Balaban J connectivity index is 1.88. The third kappa shape index (κ3) is 8.08.